The van der Waals surface area contributed by atoms with Crippen LogP contribution in [-0.2, 0) is 0 Å². The van der Waals surface area contributed by atoms with E-state index in [4.69, 9.17) is 11.6 Å². The van der Waals surface area contributed by atoms with Gasteiger partial charge in [0.1, 0.15) is 0 Å². The molecule has 30 heavy (non-hydrogen) atoms. The molecule has 0 fully saturated rings. The summed E-state index contributed by atoms with van der Waals surface area (Å²) in [4.78, 5) is 26.8. The Hall–Kier alpha value is -3.64. The first-order chi connectivity index (χ1) is 14.4. The first-order valence-electron chi connectivity index (χ1n) is 9.21. The number of amides is 2. The Morgan fingerprint density at radius 3 is 2.37 bits per heavy atom. The Labute approximate surface area is 180 Å². The van der Waals surface area contributed by atoms with Crippen molar-refractivity contribution < 1.29 is 9.59 Å². The summed E-state index contributed by atoms with van der Waals surface area (Å²) in [6.07, 6.45) is 1.57. The van der Waals surface area contributed by atoms with Gasteiger partial charge in [0.05, 0.1) is 16.8 Å². The van der Waals surface area contributed by atoms with E-state index >= 15 is 0 Å². The fourth-order valence-corrected chi connectivity index (χ4v) is 2.89. The van der Waals surface area contributed by atoms with Crippen molar-refractivity contribution in [2.45, 2.75) is 0 Å². The lowest BCUT2D eigenvalue weighted by molar-refractivity contribution is 0.0953. The molecule has 3 aromatic carbocycles. The largest absolute Gasteiger partial charge is 0.378 e. The molecule has 0 saturated heterocycles. The van der Waals surface area contributed by atoms with Gasteiger partial charge in [0.15, 0.2) is 0 Å². The van der Waals surface area contributed by atoms with Crippen LogP contribution in [0.3, 0.4) is 0 Å². The number of hydrogen-bond donors (Lipinski definition) is 2. The first kappa shape index (κ1) is 21.1. The van der Waals surface area contributed by atoms with Crippen LogP contribution in [0.5, 0.6) is 0 Å². The number of carbonyl (C=O) groups is 2. The molecule has 0 atom stereocenters. The van der Waals surface area contributed by atoms with Crippen molar-refractivity contribution in [3.8, 4) is 0 Å². The highest BCUT2D eigenvalue weighted by Crippen LogP contribution is 2.18. The Balaban J connectivity index is 1.63. The van der Waals surface area contributed by atoms with E-state index in [0.29, 0.717) is 21.8 Å². The predicted molar refractivity (Wildman–Crippen MR) is 122 cm³/mol. The Bertz CT molecular complexity index is 1080. The second-order valence-electron chi connectivity index (χ2n) is 6.70. The average Bonchev–Trinajstić information content (AvgIpc) is 2.74. The molecule has 0 aliphatic carbocycles. The molecule has 2 amide bonds. The summed E-state index contributed by atoms with van der Waals surface area (Å²) in [5.41, 5.74) is 5.64. The summed E-state index contributed by atoms with van der Waals surface area (Å²) in [7, 11) is 3.93. The normalized spacial score (nSPS) is 10.6. The fraction of sp³-hybridized carbons (Fsp3) is 0.0870. The highest BCUT2D eigenvalue weighted by molar-refractivity contribution is 6.34. The molecule has 7 heteroatoms. The zero-order chi connectivity index (χ0) is 21.5. The number of anilines is 2. The van der Waals surface area contributed by atoms with Gasteiger partial charge in [-0.25, -0.2) is 5.43 Å². The molecule has 0 radical (unpaired) electrons. The molecular formula is C23H21ClN4O2. The molecule has 3 rings (SSSR count). The number of nitrogens with zero attached hydrogens (tertiary/aromatic N) is 2. The molecule has 0 bridgehead atoms. The topological polar surface area (TPSA) is 73.8 Å². The number of rotatable bonds is 6. The number of carbonyl (C=O) groups excluding carboxylic acids is 2. The third-order valence-electron chi connectivity index (χ3n) is 4.29. The molecule has 152 valence electrons. The van der Waals surface area contributed by atoms with E-state index in [1.807, 2.05) is 43.3 Å². The molecule has 0 aliphatic heterocycles. The van der Waals surface area contributed by atoms with Crippen LogP contribution in [-0.4, -0.2) is 32.1 Å². The number of benzene rings is 3. The monoisotopic (exact) mass is 420 g/mol. The van der Waals surface area contributed by atoms with E-state index in [0.717, 1.165) is 11.3 Å². The summed E-state index contributed by atoms with van der Waals surface area (Å²) in [5, 5.41) is 7.10. The highest BCUT2D eigenvalue weighted by atomic mass is 35.5. The molecular weight excluding hydrogens is 400 g/mol. The van der Waals surface area contributed by atoms with E-state index in [1.165, 1.54) is 0 Å². The van der Waals surface area contributed by atoms with Gasteiger partial charge in [0, 0.05) is 31.0 Å². The predicted octanol–water partition coefficient (Wildman–Crippen LogP) is 4.42. The smallest absolute Gasteiger partial charge is 0.271 e. The zero-order valence-electron chi connectivity index (χ0n) is 16.6. The van der Waals surface area contributed by atoms with E-state index in [9.17, 15) is 9.59 Å². The van der Waals surface area contributed by atoms with Gasteiger partial charge in [-0.3, -0.25) is 9.59 Å². The lowest BCUT2D eigenvalue weighted by Gasteiger charge is -2.11. The maximum absolute atomic E-state index is 12.4. The SMILES string of the molecule is CN(C)c1ccc(/C=N/NC(=O)c2cccc(NC(=O)c3ccccc3Cl)c2)cc1. The minimum Gasteiger partial charge on any atom is -0.378 e. The van der Waals surface area contributed by atoms with Gasteiger partial charge < -0.3 is 10.2 Å². The summed E-state index contributed by atoms with van der Waals surface area (Å²) < 4.78 is 0. The van der Waals surface area contributed by atoms with Crippen molar-refractivity contribution in [2.24, 2.45) is 5.10 Å². The van der Waals surface area contributed by atoms with Crippen LogP contribution < -0.4 is 15.6 Å². The molecule has 2 N–H and O–H groups in total. The lowest BCUT2D eigenvalue weighted by atomic mass is 10.1. The van der Waals surface area contributed by atoms with E-state index in [2.05, 4.69) is 15.8 Å². The minimum absolute atomic E-state index is 0.350. The van der Waals surface area contributed by atoms with Crippen molar-refractivity contribution in [3.05, 3.63) is 94.5 Å². The van der Waals surface area contributed by atoms with Gasteiger partial charge in [-0.2, -0.15) is 5.10 Å². The molecule has 0 heterocycles. The summed E-state index contributed by atoms with van der Waals surface area (Å²) in [6, 6.07) is 21.1. The van der Waals surface area contributed by atoms with Crippen molar-refractivity contribution in [2.75, 3.05) is 24.3 Å². The van der Waals surface area contributed by atoms with Crippen molar-refractivity contribution in [1.29, 1.82) is 0 Å². The summed E-state index contributed by atoms with van der Waals surface area (Å²) in [5.74, 6) is -0.734. The second-order valence-corrected chi connectivity index (χ2v) is 7.11. The maximum Gasteiger partial charge on any atom is 0.271 e. The van der Waals surface area contributed by atoms with Crippen LogP contribution in [0.2, 0.25) is 5.02 Å². The van der Waals surface area contributed by atoms with Gasteiger partial charge in [-0.05, 0) is 48.0 Å². The van der Waals surface area contributed by atoms with E-state index < -0.39 is 0 Å². The second kappa shape index (κ2) is 9.71. The highest BCUT2D eigenvalue weighted by Gasteiger charge is 2.11. The van der Waals surface area contributed by atoms with Crippen LogP contribution in [0.15, 0.2) is 77.9 Å². The van der Waals surface area contributed by atoms with Crippen molar-refractivity contribution in [3.63, 3.8) is 0 Å². The zero-order valence-corrected chi connectivity index (χ0v) is 17.4. The van der Waals surface area contributed by atoms with Crippen LogP contribution >= 0.6 is 11.6 Å². The molecule has 3 aromatic rings. The van der Waals surface area contributed by atoms with Gasteiger partial charge in [-0.1, -0.05) is 41.9 Å². The number of hydrazone groups is 1. The van der Waals surface area contributed by atoms with E-state index in [1.54, 1.807) is 54.7 Å². The fourth-order valence-electron chi connectivity index (χ4n) is 2.67. The first-order valence-corrected chi connectivity index (χ1v) is 9.58. The Morgan fingerprint density at radius 1 is 0.933 bits per heavy atom. The quantitative estimate of drug-likeness (QED) is 0.458. The van der Waals surface area contributed by atoms with Gasteiger partial charge in [0.25, 0.3) is 11.8 Å². The van der Waals surface area contributed by atoms with Gasteiger partial charge >= 0.3 is 0 Å². The molecule has 0 saturated carbocycles. The van der Waals surface area contributed by atoms with Crippen molar-refractivity contribution in [1.82, 2.24) is 5.43 Å². The van der Waals surface area contributed by atoms with Crippen LogP contribution in [0.25, 0.3) is 0 Å². The number of halogens is 1. The molecule has 0 aliphatic rings. The van der Waals surface area contributed by atoms with Crippen molar-refractivity contribution >= 4 is 41.0 Å². The average molecular weight is 421 g/mol. The third-order valence-corrected chi connectivity index (χ3v) is 4.62. The number of hydrogen-bond acceptors (Lipinski definition) is 4. The van der Waals surface area contributed by atoms with E-state index in [-0.39, 0.29) is 11.8 Å². The molecule has 0 spiro atoms. The summed E-state index contributed by atoms with van der Waals surface area (Å²) in [6.45, 7) is 0. The van der Waals surface area contributed by atoms with Crippen LogP contribution in [0, 0.1) is 0 Å². The molecule has 6 nitrogen and oxygen atoms in total. The van der Waals surface area contributed by atoms with Crippen LogP contribution in [0.4, 0.5) is 11.4 Å². The van der Waals surface area contributed by atoms with Gasteiger partial charge in [0.2, 0.25) is 0 Å². The standard InChI is InChI=1S/C23H21ClN4O2/c1-28(2)19-12-10-16(11-13-19)15-25-27-22(29)17-6-5-7-18(14-17)26-23(30)20-8-3-4-9-21(20)24/h3-15H,1-2H3,(H,26,30)(H,27,29)/b25-15+. The van der Waals surface area contributed by atoms with Crippen LogP contribution in [0.1, 0.15) is 26.3 Å². The minimum atomic E-state index is -0.384. The molecule has 0 unspecified atom stereocenters. The maximum atomic E-state index is 12.4. The lowest BCUT2D eigenvalue weighted by Crippen LogP contribution is -2.18. The Morgan fingerprint density at radius 2 is 1.67 bits per heavy atom. The molecule has 0 aromatic heterocycles. The summed E-state index contributed by atoms with van der Waals surface area (Å²) >= 11 is 6.06. The van der Waals surface area contributed by atoms with Gasteiger partial charge in [-0.15, -0.1) is 0 Å². The third kappa shape index (κ3) is 5.46. The number of nitrogens with one attached hydrogen (secondary N) is 2. The Kier molecular flexibility index (Phi) is 6.83.